The molecule has 0 N–H and O–H groups in total. The number of aromatic nitrogens is 2. The molecule has 0 amide bonds. The highest BCUT2D eigenvalue weighted by molar-refractivity contribution is 5.80. The van der Waals surface area contributed by atoms with Gasteiger partial charge in [0.25, 0.3) is 0 Å². The van der Waals surface area contributed by atoms with Crippen LogP contribution in [-0.4, -0.2) is 23.0 Å². The third-order valence-electron chi connectivity index (χ3n) is 5.29. The van der Waals surface area contributed by atoms with Crippen LogP contribution < -0.4 is 9.47 Å². The summed E-state index contributed by atoms with van der Waals surface area (Å²) in [5.74, 6) is 1.59. The van der Waals surface area contributed by atoms with Crippen molar-refractivity contribution in [3.05, 3.63) is 72.6 Å². The molecule has 1 unspecified atom stereocenters. The molecule has 29 heavy (non-hydrogen) atoms. The van der Waals surface area contributed by atoms with Gasteiger partial charge in [-0.05, 0) is 55.3 Å². The van der Waals surface area contributed by atoms with E-state index in [0.29, 0.717) is 6.61 Å². The molecule has 4 aromatic rings. The van der Waals surface area contributed by atoms with Crippen LogP contribution in [0.25, 0.3) is 27.8 Å². The topological polar surface area (TPSA) is 45.5 Å². The highest BCUT2D eigenvalue weighted by Gasteiger charge is 2.18. The Labute approximate surface area is 169 Å². The van der Waals surface area contributed by atoms with E-state index in [-0.39, 0.29) is 12.9 Å². The van der Waals surface area contributed by atoms with E-state index in [4.69, 9.17) is 14.2 Å². The molecule has 0 fully saturated rings. The summed E-state index contributed by atoms with van der Waals surface area (Å²) in [6.45, 7) is 5.03. The lowest BCUT2D eigenvalue weighted by molar-refractivity contribution is 0.0765. The lowest BCUT2D eigenvalue weighted by atomic mass is 10.0. The fourth-order valence-electron chi connectivity index (χ4n) is 3.82. The molecule has 1 aromatic heterocycles. The van der Waals surface area contributed by atoms with E-state index in [9.17, 15) is 0 Å². The van der Waals surface area contributed by atoms with Crippen molar-refractivity contribution in [1.29, 1.82) is 0 Å². The van der Waals surface area contributed by atoms with Crippen molar-refractivity contribution in [2.75, 3.05) is 13.4 Å². The first kappa shape index (κ1) is 17.8. The molecule has 0 saturated heterocycles. The Hall–Kier alpha value is -3.31. The Balaban J connectivity index is 1.55. The van der Waals surface area contributed by atoms with Crippen LogP contribution >= 0.6 is 0 Å². The second-order valence-electron chi connectivity index (χ2n) is 7.05. The molecule has 5 nitrogen and oxygen atoms in total. The second kappa shape index (κ2) is 7.26. The lowest BCUT2D eigenvalue weighted by Gasteiger charge is -2.12. The average Bonchev–Trinajstić information content (AvgIpc) is 3.40. The van der Waals surface area contributed by atoms with Gasteiger partial charge in [0, 0.05) is 17.9 Å². The lowest BCUT2D eigenvalue weighted by Crippen LogP contribution is -1.99. The molecule has 0 radical (unpaired) electrons. The second-order valence-corrected chi connectivity index (χ2v) is 7.05. The van der Waals surface area contributed by atoms with Crippen molar-refractivity contribution < 1.29 is 14.2 Å². The maximum atomic E-state index is 5.71. The molecule has 146 valence electrons. The molecule has 5 heteroatoms. The molecule has 1 aliphatic rings. The van der Waals surface area contributed by atoms with Crippen molar-refractivity contribution in [2.45, 2.75) is 20.0 Å². The van der Waals surface area contributed by atoms with Gasteiger partial charge in [-0.15, -0.1) is 0 Å². The van der Waals surface area contributed by atoms with Gasteiger partial charge in [-0.3, -0.25) is 4.57 Å². The zero-order valence-corrected chi connectivity index (χ0v) is 16.5. The predicted molar refractivity (Wildman–Crippen MR) is 113 cm³/mol. The molecule has 0 aliphatic carbocycles. The molecule has 1 aliphatic heterocycles. The minimum atomic E-state index is 0.0558. The number of fused-ring (bicyclic) bond motifs is 2. The first-order valence-corrected chi connectivity index (χ1v) is 9.82. The Morgan fingerprint density at radius 2 is 1.97 bits per heavy atom. The number of rotatable bonds is 5. The molecule has 5 rings (SSSR count). The van der Waals surface area contributed by atoms with Crippen LogP contribution in [0, 0.1) is 0 Å². The minimum Gasteiger partial charge on any atom is -0.454 e. The summed E-state index contributed by atoms with van der Waals surface area (Å²) >= 11 is 0. The molecule has 0 spiro atoms. The van der Waals surface area contributed by atoms with Gasteiger partial charge in [-0.1, -0.05) is 30.3 Å². The van der Waals surface area contributed by atoms with Gasteiger partial charge in [0.05, 0.1) is 17.1 Å². The van der Waals surface area contributed by atoms with Crippen LogP contribution in [0.15, 0.2) is 67.0 Å². The first-order chi connectivity index (χ1) is 14.2. The molecule has 1 atom stereocenters. The Morgan fingerprint density at radius 1 is 1.07 bits per heavy atom. The fraction of sp³-hybridized carbons (Fsp3) is 0.208. The number of para-hydroxylation sites is 1. The monoisotopic (exact) mass is 386 g/mol. The molecule has 0 saturated carbocycles. The molecular formula is C24H22N2O3. The number of ether oxygens (including phenoxy) is 3. The van der Waals surface area contributed by atoms with E-state index in [2.05, 4.69) is 65.0 Å². The summed E-state index contributed by atoms with van der Waals surface area (Å²) in [6.07, 6.45) is 1.92. The summed E-state index contributed by atoms with van der Waals surface area (Å²) in [5.41, 5.74) is 6.30. The normalized spacial score (nSPS) is 13.7. The summed E-state index contributed by atoms with van der Waals surface area (Å²) in [6, 6.07) is 20.7. The van der Waals surface area contributed by atoms with Crippen LogP contribution in [0.3, 0.4) is 0 Å². The summed E-state index contributed by atoms with van der Waals surface area (Å²) < 4.78 is 19.0. The number of imidazole rings is 1. The van der Waals surface area contributed by atoms with E-state index in [1.54, 1.807) is 0 Å². The quantitative estimate of drug-likeness (QED) is 0.453. The van der Waals surface area contributed by atoms with E-state index in [0.717, 1.165) is 44.9 Å². The third kappa shape index (κ3) is 3.13. The van der Waals surface area contributed by atoms with Crippen molar-refractivity contribution in [2.24, 2.45) is 0 Å². The molecule has 3 aromatic carbocycles. The Bertz CT molecular complexity index is 1180. The largest absolute Gasteiger partial charge is 0.454 e. The van der Waals surface area contributed by atoms with Gasteiger partial charge in [0.1, 0.15) is 6.33 Å². The maximum Gasteiger partial charge on any atom is 0.231 e. The average molecular weight is 386 g/mol. The molecule has 0 bridgehead atoms. The van der Waals surface area contributed by atoms with Crippen LogP contribution in [0.2, 0.25) is 0 Å². The maximum absolute atomic E-state index is 5.71. The van der Waals surface area contributed by atoms with Crippen LogP contribution in [0.1, 0.15) is 25.5 Å². The van der Waals surface area contributed by atoms with Crippen molar-refractivity contribution >= 4 is 11.0 Å². The number of hydrogen-bond donors (Lipinski definition) is 0. The van der Waals surface area contributed by atoms with E-state index >= 15 is 0 Å². The Morgan fingerprint density at radius 3 is 2.86 bits per heavy atom. The summed E-state index contributed by atoms with van der Waals surface area (Å²) in [4.78, 5) is 4.62. The highest BCUT2D eigenvalue weighted by atomic mass is 16.7. The number of benzene rings is 3. The van der Waals surface area contributed by atoms with Crippen LogP contribution in [-0.2, 0) is 4.74 Å². The standard InChI is InChI=1S/C24H22N2O3/c1-3-27-16(2)17-10-11-22-21(13-17)25-14-26(22)19-7-4-6-18(12-19)20-8-5-9-23-24(20)29-15-28-23/h4-14,16H,3,15H2,1-2H3. The van der Waals surface area contributed by atoms with E-state index in [1.165, 1.54) is 0 Å². The van der Waals surface area contributed by atoms with Crippen LogP contribution in [0.5, 0.6) is 11.5 Å². The van der Waals surface area contributed by atoms with E-state index in [1.807, 2.05) is 25.4 Å². The smallest absolute Gasteiger partial charge is 0.231 e. The van der Waals surface area contributed by atoms with Crippen molar-refractivity contribution in [3.63, 3.8) is 0 Å². The summed E-state index contributed by atoms with van der Waals surface area (Å²) in [5, 5.41) is 0. The van der Waals surface area contributed by atoms with Gasteiger partial charge in [0.2, 0.25) is 6.79 Å². The zero-order valence-electron chi connectivity index (χ0n) is 16.5. The van der Waals surface area contributed by atoms with E-state index < -0.39 is 0 Å². The predicted octanol–water partition coefficient (Wildman–Crippen LogP) is 5.52. The van der Waals surface area contributed by atoms with Gasteiger partial charge in [0.15, 0.2) is 11.5 Å². The summed E-state index contributed by atoms with van der Waals surface area (Å²) in [7, 11) is 0. The third-order valence-corrected chi connectivity index (χ3v) is 5.29. The van der Waals surface area contributed by atoms with Crippen LogP contribution in [0.4, 0.5) is 0 Å². The number of hydrogen-bond acceptors (Lipinski definition) is 4. The van der Waals surface area contributed by atoms with Gasteiger partial charge in [-0.25, -0.2) is 4.98 Å². The fourth-order valence-corrected chi connectivity index (χ4v) is 3.82. The number of nitrogens with zero attached hydrogens (tertiary/aromatic N) is 2. The van der Waals surface area contributed by atoms with Gasteiger partial charge >= 0.3 is 0 Å². The van der Waals surface area contributed by atoms with Gasteiger partial charge < -0.3 is 14.2 Å². The highest BCUT2D eigenvalue weighted by Crippen LogP contribution is 2.41. The molecule has 2 heterocycles. The Kier molecular flexibility index (Phi) is 4.45. The SMILES string of the molecule is CCOC(C)c1ccc2c(c1)ncn2-c1cccc(-c2cccc3c2OCO3)c1. The van der Waals surface area contributed by atoms with Crippen molar-refractivity contribution in [3.8, 4) is 28.3 Å². The molecular weight excluding hydrogens is 364 g/mol. The van der Waals surface area contributed by atoms with Gasteiger partial charge in [-0.2, -0.15) is 0 Å². The van der Waals surface area contributed by atoms with Crippen molar-refractivity contribution in [1.82, 2.24) is 9.55 Å². The zero-order chi connectivity index (χ0) is 19.8. The first-order valence-electron chi connectivity index (χ1n) is 9.82. The minimum absolute atomic E-state index is 0.0558.